The Morgan fingerprint density at radius 1 is 1.26 bits per heavy atom. The fraction of sp³-hybridized carbons (Fsp3) is 0.190. The fourth-order valence-electron chi connectivity index (χ4n) is 3.13. The standard InChI is InChI=1S/C21H16ClN5O2S2/c22-16-3-1-2-4-17(16)27-11-15(9-18(27)28)19(29)24-20-25-26-21(31-20)30-12-14-7-5-13(10-23)6-8-14/h1-8,15H,9,11-12H2,(H,24,25,29)/t15-/m1/s1. The van der Waals surface area contributed by atoms with Crippen LogP contribution in [-0.4, -0.2) is 28.6 Å². The highest BCUT2D eigenvalue weighted by Gasteiger charge is 2.36. The zero-order chi connectivity index (χ0) is 21.8. The highest BCUT2D eigenvalue weighted by Crippen LogP contribution is 2.32. The second kappa shape index (κ2) is 9.47. The summed E-state index contributed by atoms with van der Waals surface area (Å²) in [6, 6.07) is 16.5. The van der Waals surface area contributed by atoms with Crippen LogP contribution >= 0.6 is 34.7 Å². The molecule has 1 fully saturated rings. The lowest BCUT2D eigenvalue weighted by Crippen LogP contribution is -2.28. The van der Waals surface area contributed by atoms with Crippen molar-refractivity contribution in [3.05, 3.63) is 64.7 Å². The monoisotopic (exact) mass is 469 g/mol. The number of hydrogen-bond acceptors (Lipinski definition) is 7. The molecule has 4 rings (SSSR count). The van der Waals surface area contributed by atoms with E-state index in [0.717, 1.165) is 9.90 Å². The lowest BCUT2D eigenvalue weighted by atomic mass is 10.1. The summed E-state index contributed by atoms with van der Waals surface area (Å²) in [4.78, 5) is 26.6. The van der Waals surface area contributed by atoms with Crippen molar-refractivity contribution >= 4 is 57.3 Å². The van der Waals surface area contributed by atoms with Crippen LogP contribution in [0.3, 0.4) is 0 Å². The zero-order valence-corrected chi connectivity index (χ0v) is 18.5. The van der Waals surface area contributed by atoms with E-state index in [1.165, 1.54) is 23.1 Å². The van der Waals surface area contributed by atoms with Gasteiger partial charge in [-0.25, -0.2) is 0 Å². The first-order chi connectivity index (χ1) is 15.0. The summed E-state index contributed by atoms with van der Waals surface area (Å²) < 4.78 is 0.722. The molecule has 2 heterocycles. The average Bonchev–Trinajstić information content (AvgIpc) is 3.39. The van der Waals surface area contributed by atoms with Crippen molar-refractivity contribution < 1.29 is 9.59 Å². The Kier molecular flexibility index (Phi) is 6.51. The highest BCUT2D eigenvalue weighted by molar-refractivity contribution is 8.00. The molecule has 156 valence electrons. The van der Waals surface area contributed by atoms with Gasteiger partial charge in [0.05, 0.1) is 28.3 Å². The Hall–Kier alpha value is -2.93. The Bertz CT molecular complexity index is 1160. The van der Waals surface area contributed by atoms with Crippen LogP contribution in [-0.2, 0) is 15.3 Å². The number of anilines is 2. The van der Waals surface area contributed by atoms with Crippen molar-refractivity contribution in [2.75, 3.05) is 16.8 Å². The van der Waals surface area contributed by atoms with Crippen molar-refractivity contribution in [2.45, 2.75) is 16.5 Å². The molecule has 1 N–H and O–H groups in total. The van der Waals surface area contributed by atoms with Crippen molar-refractivity contribution in [3.63, 3.8) is 0 Å². The summed E-state index contributed by atoms with van der Waals surface area (Å²) in [6.07, 6.45) is 0.121. The summed E-state index contributed by atoms with van der Waals surface area (Å²) in [6.45, 7) is 0.271. The number of carbonyl (C=O) groups excluding carboxylic acids is 2. The lowest BCUT2D eigenvalue weighted by molar-refractivity contribution is -0.122. The Balaban J connectivity index is 1.33. The van der Waals surface area contributed by atoms with E-state index < -0.39 is 5.92 Å². The molecule has 2 aromatic carbocycles. The molecule has 2 amide bonds. The van der Waals surface area contributed by atoms with Crippen molar-refractivity contribution in [1.82, 2.24) is 10.2 Å². The third kappa shape index (κ3) is 5.05. The van der Waals surface area contributed by atoms with E-state index in [-0.39, 0.29) is 24.8 Å². The summed E-state index contributed by atoms with van der Waals surface area (Å²) in [5.74, 6) is -0.202. The van der Waals surface area contributed by atoms with E-state index in [0.29, 0.717) is 27.2 Å². The van der Waals surface area contributed by atoms with Crippen molar-refractivity contribution in [3.8, 4) is 6.07 Å². The van der Waals surface area contributed by atoms with Gasteiger partial charge in [-0.1, -0.05) is 59.0 Å². The molecule has 0 aliphatic carbocycles. The van der Waals surface area contributed by atoms with Gasteiger partial charge in [0.25, 0.3) is 0 Å². The molecule has 1 saturated heterocycles. The van der Waals surface area contributed by atoms with E-state index in [9.17, 15) is 9.59 Å². The molecule has 31 heavy (non-hydrogen) atoms. The molecule has 0 saturated carbocycles. The first-order valence-electron chi connectivity index (χ1n) is 9.34. The molecule has 1 atom stereocenters. The first kappa shape index (κ1) is 21.3. The molecule has 0 radical (unpaired) electrons. The zero-order valence-electron chi connectivity index (χ0n) is 16.1. The van der Waals surface area contributed by atoms with Gasteiger partial charge in [-0.2, -0.15) is 5.26 Å². The van der Waals surface area contributed by atoms with Gasteiger partial charge in [-0.3, -0.25) is 9.59 Å². The molecular weight excluding hydrogens is 454 g/mol. The number of nitrogens with one attached hydrogen (secondary N) is 1. The number of benzene rings is 2. The predicted octanol–water partition coefficient (Wildman–Crippen LogP) is 4.35. The summed E-state index contributed by atoms with van der Waals surface area (Å²) in [5, 5.41) is 20.6. The van der Waals surface area contributed by atoms with E-state index >= 15 is 0 Å². The maximum absolute atomic E-state index is 12.7. The van der Waals surface area contributed by atoms with E-state index in [2.05, 4.69) is 21.6 Å². The molecule has 0 bridgehead atoms. The lowest BCUT2D eigenvalue weighted by Gasteiger charge is -2.17. The molecule has 7 nitrogen and oxygen atoms in total. The Morgan fingerprint density at radius 3 is 2.77 bits per heavy atom. The number of rotatable bonds is 6. The van der Waals surface area contributed by atoms with Crippen LogP contribution in [0.4, 0.5) is 10.8 Å². The molecule has 1 aliphatic heterocycles. The minimum atomic E-state index is -0.484. The van der Waals surface area contributed by atoms with Crippen LogP contribution in [0.1, 0.15) is 17.5 Å². The van der Waals surface area contributed by atoms with Crippen LogP contribution in [0.2, 0.25) is 5.02 Å². The van der Waals surface area contributed by atoms with Crippen LogP contribution < -0.4 is 10.2 Å². The number of amides is 2. The topological polar surface area (TPSA) is 99.0 Å². The number of para-hydroxylation sites is 1. The molecule has 1 aromatic heterocycles. The summed E-state index contributed by atoms with van der Waals surface area (Å²) in [5.41, 5.74) is 2.30. The molecule has 10 heteroatoms. The summed E-state index contributed by atoms with van der Waals surface area (Å²) >= 11 is 8.98. The van der Waals surface area contributed by atoms with Gasteiger partial charge >= 0.3 is 0 Å². The van der Waals surface area contributed by atoms with Gasteiger partial charge in [0.2, 0.25) is 16.9 Å². The Morgan fingerprint density at radius 2 is 2.03 bits per heavy atom. The number of aromatic nitrogens is 2. The van der Waals surface area contributed by atoms with Gasteiger partial charge in [0.15, 0.2) is 4.34 Å². The highest BCUT2D eigenvalue weighted by atomic mass is 35.5. The number of thioether (sulfide) groups is 1. The third-order valence-corrected chi connectivity index (χ3v) is 7.08. The van der Waals surface area contributed by atoms with Gasteiger partial charge < -0.3 is 10.2 Å². The van der Waals surface area contributed by atoms with E-state index in [4.69, 9.17) is 16.9 Å². The summed E-state index contributed by atoms with van der Waals surface area (Å²) in [7, 11) is 0. The molecule has 0 unspecified atom stereocenters. The minimum Gasteiger partial charge on any atom is -0.310 e. The largest absolute Gasteiger partial charge is 0.310 e. The Labute approximate surface area is 192 Å². The predicted molar refractivity (Wildman–Crippen MR) is 121 cm³/mol. The van der Waals surface area contributed by atoms with Crippen molar-refractivity contribution in [1.29, 1.82) is 5.26 Å². The number of hydrogen-bond donors (Lipinski definition) is 1. The molecule has 1 aliphatic rings. The minimum absolute atomic E-state index is 0.121. The first-order valence-corrected chi connectivity index (χ1v) is 11.5. The maximum Gasteiger partial charge on any atom is 0.231 e. The molecular formula is C21H16ClN5O2S2. The van der Waals surface area contributed by atoms with Crippen molar-refractivity contribution in [2.24, 2.45) is 5.92 Å². The van der Waals surface area contributed by atoms with Crippen LogP contribution in [0.15, 0.2) is 52.9 Å². The average molecular weight is 470 g/mol. The van der Waals surface area contributed by atoms with E-state index in [1.54, 1.807) is 41.3 Å². The van der Waals surface area contributed by atoms with Crippen LogP contribution in [0.25, 0.3) is 0 Å². The number of halogens is 1. The number of nitriles is 1. The second-order valence-electron chi connectivity index (χ2n) is 6.82. The van der Waals surface area contributed by atoms with Crippen LogP contribution in [0, 0.1) is 17.2 Å². The van der Waals surface area contributed by atoms with Gasteiger partial charge in [-0.15, -0.1) is 10.2 Å². The molecule has 0 spiro atoms. The fourth-order valence-corrected chi connectivity index (χ4v) is 5.08. The van der Waals surface area contributed by atoms with Crippen LogP contribution in [0.5, 0.6) is 0 Å². The smallest absolute Gasteiger partial charge is 0.231 e. The maximum atomic E-state index is 12.7. The number of nitrogens with zero attached hydrogens (tertiary/aromatic N) is 4. The van der Waals surface area contributed by atoms with Gasteiger partial charge in [0.1, 0.15) is 0 Å². The van der Waals surface area contributed by atoms with Gasteiger partial charge in [-0.05, 0) is 29.8 Å². The van der Waals surface area contributed by atoms with Gasteiger partial charge in [0, 0.05) is 18.7 Å². The normalized spacial score (nSPS) is 15.7. The SMILES string of the molecule is N#Cc1ccc(CSc2nnc(NC(=O)[C@@H]3CC(=O)N(c4ccccc4Cl)C3)s2)cc1. The quantitative estimate of drug-likeness (QED) is 0.425. The molecule has 3 aromatic rings. The number of carbonyl (C=O) groups is 2. The third-order valence-electron chi connectivity index (χ3n) is 4.72. The second-order valence-corrected chi connectivity index (χ2v) is 9.42. The van der Waals surface area contributed by atoms with E-state index in [1.807, 2.05) is 12.1 Å².